The van der Waals surface area contributed by atoms with E-state index in [-0.39, 0.29) is 5.91 Å². The van der Waals surface area contributed by atoms with E-state index in [1.165, 1.54) is 5.69 Å². The highest BCUT2D eigenvalue weighted by atomic mass is 16.2. The van der Waals surface area contributed by atoms with Gasteiger partial charge in [0.05, 0.1) is 11.7 Å². The Morgan fingerprint density at radius 1 is 1.04 bits per heavy atom. The first-order chi connectivity index (χ1) is 12.7. The van der Waals surface area contributed by atoms with E-state index in [9.17, 15) is 4.79 Å². The van der Waals surface area contributed by atoms with Gasteiger partial charge in [-0.1, -0.05) is 36.4 Å². The highest BCUT2D eigenvalue weighted by Crippen LogP contribution is 2.14. The Morgan fingerprint density at radius 3 is 2.50 bits per heavy atom. The number of carbonyl (C=O) groups is 1. The summed E-state index contributed by atoms with van der Waals surface area (Å²) in [5.74, 6) is -0.327. The third-order valence-corrected chi connectivity index (χ3v) is 4.23. The van der Waals surface area contributed by atoms with Crippen LogP contribution in [0.25, 0.3) is 10.9 Å². The number of para-hydroxylation sites is 1. The van der Waals surface area contributed by atoms with Crippen LogP contribution in [0.5, 0.6) is 0 Å². The van der Waals surface area contributed by atoms with Crippen LogP contribution < -0.4 is 10.3 Å². The minimum absolute atomic E-state index is 0.327. The van der Waals surface area contributed by atoms with Gasteiger partial charge in [0, 0.05) is 24.2 Å². The molecule has 1 N–H and O–H groups in total. The lowest BCUT2D eigenvalue weighted by Gasteiger charge is -2.20. The molecule has 0 aliphatic rings. The molecule has 0 radical (unpaired) electrons. The fourth-order valence-corrected chi connectivity index (χ4v) is 2.78. The summed E-state index contributed by atoms with van der Waals surface area (Å²) in [4.78, 5) is 18.8. The van der Waals surface area contributed by atoms with Gasteiger partial charge in [-0.05, 0) is 43.7 Å². The Bertz CT molecular complexity index is 915. The lowest BCUT2D eigenvalue weighted by molar-refractivity contribution is 0.0950. The van der Waals surface area contributed by atoms with Crippen LogP contribution in [0, 0.1) is 0 Å². The number of benzene rings is 2. The SMILES string of the molecule is CCN(CC)c1ccc(/C=N\NC(=O)c2ccc3ccccc3n2)cc1. The highest BCUT2D eigenvalue weighted by Gasteiger charge is 2.06. The number of hydrogen-bond donors (Lipinski definition) is 1. The normalized spacial score (nSPS) is 11.0. The molecule has 1 aromatic heterocycles. The van der Waals surface area contributed by atoms with Crippen molar-refractivity contribution in [2.24, 2.45) is 5.10 Å². The van der Waals surface area contributed by atoms with Crippen LogP contribution in [0.1, 0.15) is 29.9 Å². The van der Waals surface area contributed by atoms with Gasteiger partial charge >= 0.3 is 0 Å². The van der Waals surface area contributed by atoms with E-state index in [1.807, 2.05) is 42.5 Å². The molecule has 26 heavy (non-hydrogen) atoms. The van der Waals surface area contributed by atoms with Gasteiger partial charge in [-0.15, -0.1) is 0 Å². The van der Waals surface area contributed by atoms with E-state index >= 15 is 0 Å². The van der Waals surface area contributed by atoms with Gasteiger partial charge in [-0.25, -0.2) is 10.4 Å². The number of nitrogens with zero attached hydrogens (tertiary/aromatic N) is 3. The lowest BCUT2D eigenvalue weighted by atomic mass is 10.2. The van der Waals surface area contributed by atoms with E-state index in [4.69, 9.17) is 0 Å². The molecule has 0 aliphatic heterocycles. The van der Waals surface area contributed by atoms with Gasteiger partial charge < -0.3 is 4.90 Å². The van der Waals surface area contributed by atoms with Crippen molar-refractivity contribution in [3.05, 3.63) is 71.9 Å². The summed E-state index contributed by atoms with van der Waals surface area (Å²) in [6.07, 6.45) is 1.63. The topological polar surface area (TPSA) is 57.6 Å². The molecule has 0 atom stereocenters. The number of pyridine rings is 1. The number of rotatable bonds is 6. The molecule has 0 fully saturated rings. The van der Waals surface area contributed by atoms with Crippen LogP contribution in [-0.2, 0) is 0 Å². The lowest BCUT2D eigenvalue weighted by Crippen LogP contribution is -2.21. The van der Waals surface area contributed by atoms with Gasteiger partial charge in [-0.2, -0.15) is 5.10 Å². The smallest absolute Gasteiger partial charge is 0.289 e. The number of carbonyl (C=O) groups excluding carboxylic acids is 1. The van der Waals surface area contributed by atoms with Crippen molar-refractivity contribution in [1.82, 2.24) is 10.4 Å². The Labute approximate surface area is 153 Å². The molecule has 5 nitrogen and oxygen atoms in total. The third-order valence-electron chi connectivity index (χ3n) is 4.23. The van der Waals surface area contributed by atoms with Crippen molar-refractivity contribution in [1.29, 1.82) is 0 Å². The zero-order chi connectivity index (χ0) is 18.4. The maximum atomic E-state index is 12.2. The van der Waals surface area contributed by atoms with Crippen LogP contribution in [0.4, 0.5) is 5.69 Å². The minimum atomic E-state index is -0.327. The molecule has 0 bridgehead atoms. The minimum Gasteiger partial charge on any atom is -0.372 e. The summed E-state index contributed by atoms with van der Waals surface area (Å²) in [7, 11) is 0. The quantitative estimate of drug-likeness (QED) is 0.545. The molecule has 132 valence electrons. The van der Waals surface area contributed by atoms with Crippen molar-refractivity contribution < 1.29 is 4.79 Å². The predicted octanol–water partition coefficient (Wildman–Crippen LogP) is 3.84. The maximum Gasteiger partial charge on any atom is 0.289 e. The molecule has 0 unspecified atom stereocenters. The first kappa shape index (κ1) is 17.6. The van der Waals surface area contributed by atoms with Crippen LogP contribution in [-0.4, -0.2) is 30.2 Å². The summed E-state index contributed by atoms with van der Waals surface area (Å²) >= 11 is 0. The van der Waals surface area contributed by atoms with Crippen molar-refractivity contribution >= 4 is 28.7 Å². The fourth-order valence-electron chi connectivity index (χ4n) is 2.78. The summed E-state index contributed by atoms with van der Waals surface area (Å²) in [5.41, 5.74) is 5.76. The van der Waals surface area contributed by atoms with Gasteiger partial charge in [0.1, 0.15) is 5.69 Å². The molecule has 0 saturated carbocycles. The number of aromatic nitrogens is 1. The number of amides is 1. The summed E-state index contributed by atoms with van der Waals surface area (Å²) < 4.78 is 0. The molecule has 3 rings (SSSR count). The molecule has 0 saturated heterocycles. The summed E-state index contributed by atoms with van der Waals surface area (Å²) in [5, 5.41) is 5.04. The Kier molecular flexibility index (Phi) is 5.59. The van der Waals surface area contributed by atoms with Crippen molar-refractivity contribution in [2.45, 2.75) is 13.8 Å². The van der Waals surface area contributed by atoms with Gasteiger partial charge in [0.2, 0.25) is 0 Å². The van der Waals surface area contributed by atoms with Crippen LogP contribution in [0.15, 0.2) is 65.8 Å². The number of hydrazone groups is 1. The monoisotopic (exact) mass is 346 g/mol. The van der Waals surface area contributed by atoms with E-state index in [0.29, 0.717) is 5.69 Å². The van der Waals surface area contributed by atoms with E-state index in [2.05, 4.69) is 46.4 Å². The first-order valence-electron chi connectivity index (χ1n) is 8.75. The van der Waals surface area contributed by atoms with E-state index in [0.717, 1.165) is 29.6 Å². The molecular formula is C21H22N4O. The van der Waals surface area contributed by atoms with Gasteiger partial charge in [0.15, 0.2) is 0 Å². The molecule has 0 aliphatic carbocycles. The fraction of sp³-hybridized carbons (Fsp3) is 0.190. The highest BCUT2D eigenvalue weighted by molar-refractivity contribution is 5.95. The molecule has 2 aromatic carbocycles. The third kappa shape index (κ3) is 4.06. The molecule has 1 amide bonds. The van der Waals surface area contributed by atoms with Gasteiger partial charge in [0.25, 0.3) is 5.91 Å². The number of fused-ring (bicyclic) bond motifs is 1. The maximum absolute atomic E-state index is 12.2. The van der Waals surface area contributed by atoms with Crippen molar-refractivity contribution in [3.63, 3.8) is 0 Å². The van der Waals surface area contributed by atoms with Crippen LogP contribution >= 0.6 is 0 Å². The van der Waals surface area contributed by atoms with Crippen LogP contribution in [0.3, 0.4) is 0 Å². The zero-order valence-electron chi connectivity index (χ0n) is 15.0. The Morgan fingerprint density at radius 2 is 1.77 bits per heavy atom. The molecule has 0 spiro atoms. The predicted molar refractivity (Wildman–Crippen MR) is 107 cm³/mol. The van der Waals surface area contributed by atoms with Crippen LogP contribution in [0.2, 0.25) is 0 Å². The van der Waals surface area contributed by atoms with E-state index < -0.39 is 0 Å². The molecule has 5 heteroatoms. The zero-order valence-corrected chi connectivity index (χ0v) is 15.0. The summed E-state index contributed by atoms with van der Waals surface area (Å²) in [6.45, 7) is 6.21. The van der Waals surface area contributed by atoms with Crippen molar-refractivity contribution in [2.75, 3.05) is 18.0 Å². The second-order valence-electron chi connectivity index (χ2n) is 5.85. The number of nitrogens with one attached hydrogen (secondary N) is 1. The summed E-state index contributed by atoms with van der Waals surface area (Å²) in [6, 6.07) is 19.4. The van der Waals surface area contributed by atoms with Crippen molar-refractivity contribution in [3.8, 4) is 0 Å². The second kappa shape index (κ2) is 8.25. The second-order valence-corrected chi connectivity index (χ2v) is 5.85. The standard InChI is InChI=1S/C21H22N4O/c1-3-25(4-2)18-12-9-16(10-13-18)15-22-24-21(26)20-14-11-17-7-5-6-8-19(17)23-20/h5-15H,3-4H2,1-2H3,(H,24,26)/b22-15-. The molecule has 3 aromatic rings. The Balaban J connectivity index is 1.64. The van der Waals surface area contributed by atoms with Gasteiger partial charge in [-0.3, -0.25) is 4.79 Å². The Hall–Kier alpha value is -3.21. The average Bonchev–Trinajstić information content (AvgIpc) is 2.69. The molecular weight excluding hydrogens is 324 g/mol. The largest absolute Gasteiger partial charge is 0.372 e. The molecule has 1 heterocycles. The average molecular weight is 346 g/mol. The first-order valence-corrected chi connectivity index (χ1v) is 8.75. The number of anilines is 1. The number of hydrogen-bond acceptors (Lipinski definition) is 4. The van der Waals surface area contributed by atoms with E-state index in [1.54, 1.807) is 12.3 Å².